The maximum Gasteiger partial charge on any atom is 0.306 e. The standard InChI is InChI=1S/C58H112O6/c1-7-54(6)46-40-34-28-22-18-19-24-30-36-42-48-57(60)63-51-55(64-58(61)49-43-37-31-25-17-13-15-21-27-33-39-45-53(4)5)50-62-56(59)47-41-35-29-23-16-12-10-8-9-11-14-20-26-32-38-44-52(2)3/h52-55H,7-51H2,1-6H3/t54?,55-/m1/s1. The summed E-state index contributed by atoms with van der Waals surface area (Å²) in [6.45, 7) is 13.8. The van der Waals surface area contributed by atoms with Crippen molar-refractivity contribution in [3.8, 4) is 0 Å². The van der Waals surface area contributed by atoms with E-state index in [0.29, 0.717) is 19.3 Å². The first-order valence-electron chi connectivity index (χ1n) is 28.6. The molecule has 380 valence electrons. The number of rotatable bonds is 51. The number of carbonyl (C=O) groups is 3. The Hall–Kier alpha value is -1.59. The molecule has 0 amide bonds. The van der Waals surface area contributed by atoms with E-state index in [1.807, 2.05) is 0 Å². The number of esters is 3. The second kappa shape index (κ2) is 49.3. The van der Waals surface area contributed by atoms with Crippen LogP contribution in [0.5, 0.6) is 0 Å². The van der Waals surface area contributed by atoms with Gasteiger partial charge in [0, 0.05) is 19.3 Å². The van der Waals surface area contributed by atoms with E-state index < -0.39 is 6.10 Å². The zero-order chi connectivity index (χ0) is 47.0. The van der Waals surface area contributed by atoms with Gasteiger partial charge >= 0.3 is 17.9 Å². The quantitative estimate of drug-likeness (QED) is 0.0344. The van der Waals surface area contributed by atoms with Crippen LogP contribution in [-0.4, -0.2) is 37.2 Å². The van der Waals surface area contributed by atoms with Crippen molar-refractivity contribution in [1.29, 1.82) is 0 Å². The molecule has 0 heterocycles. The van der Waals surface area contributed by atoms with Crippen LogP contribution in [0.4, 0.5) is 0 Å². The van der Waals surface area contributed by atoms with E-state index in [4.69, 9.17) is 14.2 Å². The van der Waals surface area contributed by atoms with Gasteiger partial charge in [-0.25, -0.2) is 0 Å². The second-order valence-corrected chi connectivity index (χ2v) is 21.1. The lowest BCUT2D eigenvalue weighted by atomic mass is 9.99. The van der Waals surface area contributed by atoms with Gasteiger partial charge in [0.2, 0.25) is 0 Å². The molecule has 0 aromatic carbocycles. The molecule has 0 bridgehead atoms. The first-order valence-corrected chi connectivity index (χ1v) is 28.6. The molecule has 0 fully saturated rings. The minimum Gasteiger partial charge on any atom is -0.462 e. The Balaban J connectivity index is 4.30. The highest BCUT2D eigenvalue weighted by Gasteiger charge is 2.19. The summed E-state index contributed by atoms with van der Waals surface area (Å²) in [7, 11) is 0. The minimum absolute atomic E-state index is 0.0637. The van der Waals surface area contributed by atoms with Crippen LogP contribution in [0.3, 0.4) is 0 Å². The SMILES string of the molecule is CCC(C)CCCCCCCCCCCCC(=O)OC[C@@H](COC(=O)CCCCCCCCCCCCCCCCCC(C)C)OC(=O)CCCCCCCCCCCCCC(C)C. The predicted octanol–water partition coefficient (Wildman–Crippen LogP) is 18.7. The van der Waals surface area contributed by atoms with Crippen LogP contribution < -0.4 is 0 Å². The Labute approximate surface area is 399 Å². The smallest absolute Gasteiger partial charge is 0.306 e. The van der Waals surface area contributed by atoms with Gasteiger partial charge in [0.1, 0.15) is 13.2 Å². The van der Waals surface area contributed by atoms with Gasteiger partial charge in [0.25, 0.3) is 0 Å². The lowest BCUT2D eigenvalue weighted by Crippen LogP contribution is -2.30. The van der Waals surface area contributed by atoms with Crippen LogP contribution in [0, 0.1) is 17.8 Å². The number of carbonyl (C=O) groups excluding carboxylic acids is 3. The van der Waals surface area contributed by atoms with E-state index in [1.165, 1.54) is 199 Å². The number of ether oxygens (including phenoxy) is 3. The molecule has 0 rings (SSSR count). The van der Waals surface area contributed by atoms with Gasteiger partial charge < -0.3 is 14.2 Å². The van der Waals surface area contributed by atoms with Crippen molar-refractivity contribution >= 4 is 17.9 Å². The van der Waals surface area contributed by atoms with Gasteiger partial charge in [-0.2, -0.15) is 0 Å². The Bertz CT molecular complexity index is 993. The summed E-state index contributed by atoms with van der Waals surface area (Å²) < 4.78 is 16.9. The van der Waals surface area contributed by atoms with Crippen molar-refractivity contribution < 1.29 is 28.6 Å². The molecule has 0 aliphatic rings. The molecule has 64 heavy (non-hydrogen) atoms. The summed E-state index contributed by atoms with van der Waals surface area (Å²) in [5.74, 6) is 1.70. The Kier molecular flexibility index (Phi) is 48.1. The van der Waals surface area contributed by atoms with Crippen LogP contribution in [0.25, 0.3) is 0 Å². The lowest BCUT2D eigenvalue weighted by molar-refractivity contribution is -0.167. The van der Waals surface area contributed by atoms with E-state index in [-0.39, 0.29) is 31.1 Å². The van der Waals surface area contributed by atoms with Crippen LogP contribution in [0.2, 0.25) is 0 Å². The molecule has 0 aromatic rings. The third-order valence-electron chi connectivity index (χ3n) is 13.5. The van der Waals surface area contributed by atoms with Crippen molar-refractivity contribution in [2.24, 2.45) is 17.8 Å². The van der Waals surface area contributed by atoms with E-state index in [9.17, 15) is 14.4 Å². The highest BCUT2D eigenvalue weighted by molar-refractivity contribution is 5.71. The summed E-state index contributed by atoms with van der Waals surface area (Å²) in [4.78, 5) is 38.1. The zero-order valence-corrected chi connectivity index (χ0v) is 44.1. The van der Waals surface area contributed by atoms with E-state index >= 15 is 0 Å². The third-order valence-corrected chi connectivity index (χ3v) is 13.5. The van der Waals surface area contributed by atoms with Crippen LogP contribution >= 0.6 is 0 Å². The summed E-state index contributed by atoms with van der Waals surface area (Å²) in [6, 6.07) is 0. The molecular formula is C58H112O6. The molecule has 0 aliphatic carbocycles. The number of hydrogen-bond donors (Lipinski definition) is 0. The molecule has 0 radical (unpaired) electrons. The molecule has 6 heteroatoms. The summed E-state index contributed by atoms with van der Waals surface area (Å²) in [5.41, 5.74) is 0. The fourth-order valence-corrected chi connectivity index (χ4v) is 8.79. The molecule has 2 atom stereocenters. The highest BCUT2D eigenvalue weighted by Crippen LogP contribution is 2.19. The molecule has 1 unspecified atom stereocenters. The van der Waals surface area contributed by atoms with Gasteiger partial charge in [0.05, 0.1) is 0 Å². The van der Waals surface area contributed by atoms with Gasteiger partial charge in [-0.15, -0.1) is 0 Å². The number of hydrogen-bond acceptors (Lipinski definition) is 6. The molecule has 6 nitrogen and oxygen atoms in total. The van der Waals surface area contributed by atoms with Crippen molar-refractivity contribution in [1.82, 2.24) is 0 Å². The zero-order valence-electron chi connectivity index (χ0n) is 44.1. The highest BCUT2D eigenvalue weighted by atomic mass is 16.6. The van der Waals surface area contributed by atoms with Crippen LogP contribution in [0.1, 0.15) is 318 Å². The van der Waals surface area contributed by atoms with Gasteiger partial charge in [-0.05, 0) is 37.0 Å². The molecule has 0 saturated carbocycles. The van der Waals surface area contributed by atoms with Crippen molar-refractivity contribution in [3.63, 3.8) is 0 Å². The topological polar surface area (TPSA) is 78.9 Å². The van der Waals surface area contributed by atoms with E-state index in [0.717, 1.165) is 75.5 Å². The molecule has 0 N–H and O–H groups in total. The van der Waals surface area contributed by atoms with Gasteiger partial charge in [-0.3, -0.25) is 14.4 Å². The first-order chi connectivity index (χ1) is 31.1. The van der Waals surface area contributed by atoms with Crippen molar-refractivity contribution in [2.75, 3.05) is 13.2 Å². The largest absolute Gasteiger partial charge is 0.462 e. The summed E-state index contributed by atoms with van der Waals surface area (Å²) in [6.07, 6.45) is 50.8. The third kappa shape index (κ3) is 49.8. The lowest BCUT2D eigenvalue weighted by Gasteiger charge is -2.18. The predicted molar refractivity (Wildman–Crippen MR) is 275 cm³/mol. The Morgan fingerprint density at radius 3 is 0.812 bits per heavy atom. The summed E-state index contributed by atoms with van der Waals surface area (Å²) in [5, 5.41) is 0. The number of unbranched alkanes of at least 4 members (excludes halogenated alkanes) is 33. The normalized spacial score (nSPS) is 12.6. The fourth-order valence-electron chi connectivity index (χ4n) is 8.79. The molecule has 0 aliphatic heterocycles. The fraction of sp³-hybridized carbons (Fsp3) is 0.948. The van der Waals surface area contributed by atoms with E-state index in [1.54, 1.807) is 0 Å². The van der Waals surface area contributed by atoms with Gasteiger partial charge in [-0.1, -0.05) is 279 Å². The maximum atomic E-state index is 12.8. The van der Waals surface area contributed by atoms with Crippen LogP contribution in [-0.2, 0) is 28.6 Å². The first kappa shape index (κ1) is 62.4. The van der Waals surface area contributed by atoms with Gasteiger partial charge in [0.15, 0.2) is 6.10 Å². The molecule has 0 aromatic heterocycles. The van der Waals surface area contributed by atoms with Crippen molar-refractivity contribution in [2.45, 2.75) is 324 Å². The van der Waals surface area contributed by atoms with Crippen LogP contribution in [0.15, 0.2) is 0 Å². The second-order valence-electron chi connectivity index (χ2n) is 21.1. The average molecular weight is 906 g/mol. The Morgan fingerprint density at radius 1 is 0.312 bits per heavy atom. The summed E-state index contributed by atoms with van der Waals surface area (Å²) >= 11 is 0. The van der Waals surface area contributed by atoms with Crippen molar-refractivity contribution in [3.05, 3.63) is 0 Å². The molecule has 0 spiro atoms. The Morgan fingerprint density at radius 2 is 0.547 bits per heavy atom. The molecule has 0 saturated heterocycles. The molecular weight excluding hydrogens is 793 g/mol. The monoisotopic (exact) mass is 905 g/mol. The maximum absolute atomic E-state index is 12.8. The van der Waals surface area contributed by atoms with E-state index in [2.05, 4.69) is 41.5 Å². The average Bonchev–Trinajstić information content (AvgIpc) is 3.27. The minimum atomic E-state index is -0.764.